The third-order valence-electron chi connectivity index (χ3n) is 3.42. The van der Waals surface area contributed by atoms with Crippen molar-refractivity contribution in [3.63, 3.8) is 0 Å². The van der Waals surface area contributed by atoms with Crippen molar-refractivity contribution in [1.29, 1.82) is 0 Å². The van der Waals surface area contributed by atoms with Crippen LogP contribution in [0.1, 0.15) is 45.6 Å². The molecule has 1 amide bonds. The van der Waals surface area contributed by atoms with Gasteiger partial charge in [-0.3, -0.25) is 4.79 Å². The van der Waals surface area contributed by atoms with Gasteiger partial charge in [-0.25, -0.2) is 8.42 Å². The molecule has 0 radical (unpaired) electrons. The molecule has 0 bridgehead atoms. The third kappa shape index (κ3) is 5.42. The lowest BCUT2D eigenvalue weighted by Gasteiger charge is -2.23. The Balaban J connectivity index is 2.72. The Morgan fingerprint density at radius 3 is 2.27 bits per heavy atom. The number of carbonyl (C=O) groups is 1. The van der Waals surface area contributed by atoms with Crippen LogP contribution in [0.2, 0.25) is 0 Å². The molecule has 0 aliphatic heterocycles. The summed E-state index contributed by atoms with van der Waals surface area (Å²) >= 11 is 0. The highest BCUT2D eigenvalue weighted by molar-refractivity contribution is 7.88. The van der Waals surface area contributed by atoms with Gasteiger partial charge in [-0.2, -0.15) is 4.31 Å². The molecule has 1 aromatic carbocycles. The number of rotatable bonds is 7. The summed E-state index contributed by atoms with van der Waals surface area (Å²) in [6, 6.07) is 7.50. The Hall–Kier alpha value is -1.40. The Labute approximate surface area is 133 Å². The van der Waals surface area contributed by atoms with E-state index in [1.165, 1.54) is 10.6 Å². The predicted octanol–water partition coefficient (Wildman–Crippen LogP) is 2.81. The lowest BCUT2D eigenvalue weighted by molar-refractivity contribution is -0.116. The Morgan fingerprint density at radius 1 is 1.18 bits per heavy atom. The number of sulfonamides is 1. The number of benzene rings is 1. The van der Waals surface area contributed by atoms with Crippen LogP contribution in [0.5, 0.6) is 0 Å². The number of nitrogens with zero attached hydrogens (tertiary/aromatic N) is 1. The number of nitrogens with one attached hydrogen (secondary N) is 1. The maximum Gasteiger partial charge on any atom is 0.225 e. The van der Waals surface area contributed by atoms with Gasteiger partial charge < -0.3 is 5.32 Å². The van der Waals surface area contributed by atoms with Gasteiger partial charge in [0.1, 0.15) is 0 Å². The molecule has 0 spiro atoms. The van der Waals surface area contributed by atoms with Crippen molar-refractivity contribution >= 4 is 21.6 Å². The largest absolute Gasteiger partial charge is 0.326 e. The van der Waals surface area contributed by atoms with Crippen molar-refractivity contribution in [3.05, 3.63) is 29.8 Å². The molecule has 1 aromatic rings. The molecule has 0 heterocycles. The first-order valence-corrected chi connectivity index (χ1v) is 9.33. The van der Waals surface area contributed by atoms with E-state index in [2.05, 4.69) is 19.2 Å². The van der Waals surface area contributed by atoms with Gasteiger partial charge in [0.15, 0.2) is 0 Å². The fraction of sp³-hybridized carbons (Fsp3) is 0.562. The van der Waals surface area contributed by atoms with Gasteiger partial charge in [-0.05, 0) is 31.4 Å². The molecule has 1 rings (SSSR count). The van der Waals surface area contributed by atoms with Crippen molar-refractivity contribution in [1.82, 2.24) is 4.31 Å². The van der Waals surface area contributed by atoms with Crippen LogP contribution in [-0.4, -0.2) is 37.5 Å². The molecule has 22 heavy (non-hydrogen) atoms. The van der Waals surface area contributed by atoms with E-state index in [1.807, 2.05) is 24.3 Å². The maximum absolute atomic E-state index is 12.1. The second kappa shape index (κ2) is 7.74. The highest BCUT2D eigenvalue weighted by Crippen LogP contribution is 2.23. The Bertz CT molecular complexity index is 610. The molecule has 0 aromatic heterocycles. The average molecular weight is 326 g/mol. The minimum atomic E-state index is -3.30. The summed E-state index contributed by atoms with van der Waals surface area (Å²) in [4.78, 5) is 12.1. The zero-order chi connectivity index (χ0) is 16.9. The third-order valence-corrected chi connectivity index (χ3v) is 4.87. The van der Waals surface area contributed by atoms with Crippen LogP contribution in [0.3, 0.4) is 0 Å². The molecule has 0 fully saturated rings. The number of para-hydroxylation sites is 1. The van der Waals surface area contributed by atoms with Gasteiger partial charge in [-0.15, -0.1) is 0 Å². The highest BCUT2D eigenvalue weighted by Gasteiger charge is 2.21. The van der Waals surface area contributed by atoms with Crippen molar-refractivity contribution in [2.75, 3.05) is 18.1 Å². The van der Waals surface area contributed by atoms with Crippen molar-refractivity contribution < 1.29 is 13.2 Å². The van der Waals surface area contributed by atoms with Crippen LogP contribution in [-0.2, 0) is 14.8 Å². The normalized spacial score (nSPS) is 12.2. The lowest BCUT2D eigenvalue weighted by atomic mass is 10.0. The monoisotopic (exact) mass is 326 g/mol. The molecule has 0 unspecified atom stereocenters. The molecule has 0 aliphatic rings. The van der Waals surface area contributed by atoms with Crippen LogP contribution in [0, 0.1) is 0 Å². The summed E-state index contributed by atoms with van der Waals surface area (Å²) in [6.07, 6.45) is 1.30. The smallest absolute Gasteiger partial charge is 0.225 e. The Morgan fingerprint density at radius 2 is 1.77 bits per heavy atom. The molecule has 0 saturated carbocycles. The minimum Gasteiger partial charge on any atom is -0.326 e. The van der Waals surface area contributed by atoms with E-state index in [9.17, 15) is 13.2 Å². The van der Waals surface area contributed by atoms with Crippen molar-refractivity contribution in [2.24, 2.45) is 0 Å². The zero-order valence-corrected chi connectivity index (χ0v) is 14.8. The molecule has 1 N–H and O–H groups in total. The van der Waals surface area contributed by atoms with Gasteiger partial charge in [0.25, 0.3) is 0 Å². The predicted molar refractivity (Wildman–Crippen MR) is 90.5 cm³/mol. The van der Waals surface area contributed by atoms with E-state index in [4.69, 9.17) is 0 Å². The zero-order valence-electron chi connectivity index (χ0n) is 14.0. The molecular weight excluding hydrogens is 300 g/mol. The number of hydrogen-bond donors (Lipinski definition) is 1. The van der Waals surface area contributed by atoms with Crippen molar-refractivity contribution in [2.45, 2.75) is 46.1 Å². The Kier molecular flexibility index (Phi) is 6.56. The minimum absolute atomic E-state index is 0.137. The van der Waals surface area contributed by atoms with E-state index >= 15 is 0 Å². The topological polar surface area (TPSA) is 66.5 Å². The highest BCUT2D eigenvalue weighted by atomic mass is 32.2. The van der Waals surface area contributed by atoms with Gasteiger partial charge >= 0.3 is 0 Å². The maximum atomic E-state index is 12.1. The molecule has 0 saturated heterocycles. The summed E-state index contributed by atoms with van der Waals surface area (Å²) in [7, 11) is -3.30. The van der Waals surface area contributed by atoms with E-state index in [1.54, 1.807) is 13.8 Å². The summed E-state index contributed by atoms with van der Waals surface area (Å²) in [5.41, 5.74) is 1.86. The molecular formula is C16H26N2O3S. The molecule has 5 nitrogen and oxygen atoms in total. The second-order valence-corrected chi connectivity index (χ2v) is 7.94. The summed E-state index contributed by atoms with van der Waals surface area (Å²) in [5, 5.41) is 2.88. The van der Waals surface area contributed by atoms with E-state index in [0.29, 0.717) is 5.92 Å². The van der Waals surface area contributed by atoms with Gasteiger partial charge in [0.2, 0.25) is 15.9 Å². The SMILES string of the molecule is CC(C)c1ccccc1NC(=O)CCN(C(C)C)S(C)(=O)=O. The molecule has 124 valence electrons. The quantitative estimate of drug-likeness (QED) is 0.838. The average Bonchev–Trinajstić information content (AvgIpc) is 2.37. The number of amides is 1. The first-order valence-electron chi connectivity index (χ1n) is 7.48. The molecule has 0 aliphatic carbocycles. The number of hydrogen-bond acceptors (Lipinski definition) is 3. The number of carbonyl (C=O) groups excluding carboxylic acids is 1. The fourth-order valence-electron chi connectivity index (χ4n) is 2.35. The van der Waals surface area contributed by atoms with Crippen LogP contribution in [0.4, 0.5) is 5.69 Å². The summed E-state index contributed by atoms with van der Waals surface area (Å²) in [6.45, 7) is 7.91. The summed E-state index contributed by atoms with van der Waals surface area (Å²) in [5.74, 6) is 0.127. The van der Waals surface area contributed by atoms with Crippen LogP contribution in [0.15, 0.2) is 24.3 Å². The van der Waals surface area contributed by atoms with Gasteiger partial charge in [0.05, 0.1) is 6.26 Å². The van der Waals surface area contributed by atoms with Crippen LogP contribution >= 0.6 is 0 Å². The second-order valence-electron chi connectivity index (χ2n) is 6.01. The number of anilines is 1. The van der Waals surface area contributed by atoms with Gasteiger partial charge in [-0.1, -0.05) is 32.0 Å². The lowest BCUT2D eigenvalue weighted by Crippen LogP contribution is -2.38. The van der Waals surface area contributed by atoms with Crippen LogP contribution < -0.4 is 5.32 Å². The first-order chi connectivity index (χ1) is 10.1. The molecule has 6 heteroatoms. The van der Waals surface area contributed by atoms with Crippen molar-refractivity contribution in [3.8, 4) is 0 Å². The van der Waals surface area contributed by atoms with E-state index in [-0.39, 0.29) is 24.9 Å². The first kappa shape index (κ1) is 18.6. The van der Waals surface area contributed by atoms with E-state index < -0.39 is 10.0 Å². The molecule has 0 atom stereocenters. The van der Waals surface area contributed by atoms with Crippen LogP contribution in [0.25, 0.3) is 0 Å². The fourth-order valence-corrected chi connectivity index (χ4v) is 3.53. The van der Waals surface area contributed by atoms with Gasteiger partial charge in [0, 0.05) is 24.7 Å². The standard InChI is InChI=1S/C16H26N2O3S/c1-12(2)14-8-6-7-9-15(14)17-16(19)10-11-18(13(3)4)22(5,20)21/h6-9,12-13H,10-11H2,1-5H3,(H,17,19). The summed E-state index contributed by atoms with van der Waals surface area (Å²) < 4.78 is 24.7. The van der Waals surface area contributed by atoms with E-state index in [0.717, 1.165) is 11.3 Å².